The van der Waals surface area contributed by atoms with E-state index < -0.39 is 11.8 Å². The lowest BCUT2D eigenvalue weighted by molar-refractivity contribution is 0.0526. The van der Waals surface area contributed by atoms with Gasteiger partial charge < -0.3 is 14.8 Å². The van der Waals surface area contributed by atoms with E-state index in [1.165, 1.54) is 0 Å². The van der Waals surface area contributed by atoms with E-state index >= 15 is 0 Å². The fourth-order valence-corrected chi connectivity index (χ4v) is 2.35. The zero-order valence-electron chi connectivity index (χ0n) is 16.3. The van der Waals surface area contributed by atoms with E-state index in [-0.39, 0.29) is 11.1 Å². The van der Waals surface area contributed by atoms with Crippen molar-refractivity contribution in [3.05, 3.63) is 71.4 Å². The Hall–Kier alpha value is -3.19. The normalized spacial score (nSPS) is 9.83. The Kier molecular flexibility index (Phi) is 8.36. The van der Waals surface area contributed by atoms with Crippen molar-refractivity contribution in [3.8, 4) is 11.5 Å². The Morgan fingerprint density at radius 1 is 1.14 bits per heavy atom. The van der Waals surface area contributed by atoms with Crippen LogP contribution in [0.5, 0.6) is 11.5 Å². The Labute approximate surface area is 173 Å². The fourth-order valence-electron chi connectivity index (χ4n) is 2.21. The summed E-state index contributed by atoms with van der Waals surface area (Å²) in [6.45, 7) is 6.05. The molecule has 0 spiro atoms. The minimum Gasteiger partial charge on any atom is -0.462 e. The fraction of sp³-hybridized carbons (Fsp3) is 0.190. The molecule has 0 unspecified atom stereocenters. The summed E-state index contributed by atoms with van der Waals surface area (Å²) >= 11 is 5.67. The summed E-state index contributed by atoms with van der Waals surface area (Å²) in [6.07, 6.45) is 0.992. The highest BCUT2D eigenvalue weighted by atomic mass is 35.5. The maximum atomic E-state index is 13.7. The Morgan fingerprint density at radius 2 is 1.86 bits per heavy atom. The van der Waals surface area contributed by atoms with Crippen LogP contribution in [0, 0.1) is 5.82 Å². The number of esters is 1. The molecule has 0 saturated heterocycles. The highest BCUT2D eigenvalue weighted by molar-refractivity contribution is 6.28. The number of benzene rings is 2. The van der Waals surface area contributed by atoms with E-state index in [1.54, 1.807) is 55.5 Å². The van der Waals surface area contributed by atoms with Crippen LogP contribution in [0.2, 0.25) is 5.28 Å². The molecule has 0 aliphatic heterocycles. The summed E-state index contributed by atoms with van der Waals surface area (Å²) in [4.78, 5) is 19.1. The van der Waals surface area contributed by atoms with Crippen LogP contribution < -0.4 is 10.1 Å². The molecule has 1 aromatic heterocycles. The molecule has 2 aromatic carbocycles. The Morgan fingerprint density at radius 3 is 2.55 bits per heavy atom. The molecule has 0 atom stereocenters. The number of hydrogen-bond acceptors (Lipinski definition) is 6. The molecule has 29 heavy (non-hydrogen) atoms. The van der Waals surface area contributed by atoms with Gasteiger partial charge in [0, 0.05) is 5.69 Å². The number of hydrogen-bond donors (Lipinski definition) is 1. The first-order valence-electron chi connectivity index (χ1n) is 9.05. The molecule has 0 aliphatic carbocycles. The third-order valence-electron chi connectivity index (χ3n) is 3.41. The summed E-state index contributed by atoms with van der Waals surface area (Å²) in [6, 6.07) is 13.5. The van der Waals surface area contributed by atoms with Crippen molar-refractivity contribution < 1.29 is 18.7 Å². The van der Waals surface area contributed by atoms with Gasteiger partial charge in [0.2, 0.25) is 5.28 Å². The van der Waals surface area contributed by atoms with Crippen LogP contribution in [0.1, 0.15) is 31.1 Å². The first-order chi connectivity index (χ1) is 14.0. The van der Waals surface area contributed by atoms with Gasteiger partial charge in [-0.05, 0) is 61.0 Å². The largest absolute Gasteiger partial charge is 0.462 e. The number of halogens is 2. The monoisotopic (exact) mass is 417 g/mol. The minimum atomic E-state index is -0.615. The smallest absolute Gasteiger partial charge is 0.338 e. The van der Waals surface area contributed by atoms with Gasteiger partial charge in [-0.25, -0.2) is 14.2 Å². The average molecular weight is 418 g/mol. The SMILES string of the molecule is CC.CCOC(=O)c1cccc(Oc2ccc(Nc3nc(Cl)ncc3F)cc2)c1. The van der Waals surface area contributed by atoms with Gasteiger partial charge in [0.15, 0.2) is 11.6 Å². The van der Waals surface area contributed by atoms with Crippen molar-refractivity contribution >= 4 is 29.1 Å². The number of anilines is 2. The maximum absolute atomic E-state index is 13.7. The lowest BCUT2D eigenvalue weighted by Gasteiger charge is -2.10. The quantitative estimate of drug-likeness (QED) is 0.391. The topological polar surface area (TPSA) is 73.3 Å². The Balaban J connectivity index is 0.00000145. The highest BCUT2D eigenvalue weighted by Gasteiger charge is 2.09. The van der Waals surface area contributed by atoms with Crippen LogP contribution >= 0.6 is 11.6 Å². The maximum Gasteiger partial charge on any atom is 0.338 e. The molecule has 8 heteroatoms. The molecule has 0 bridgehead atoms. The van der Waals surface area contributed by atoms with E-state index in [4.69, 9.17) is 21.1 Å². The van der Waals surface area contributed by atoms with Crippen LogP contribution in [-0.2, 0) is 4.74 Å². The molecule has 3 rings (SSSR count). The van der Waals surface area contributed by atoms with Crippen LogP contribution in [0.25, 0.3) is 0 Å². The number of carbonyl (C=O) groups excluding carboxylic acids is 1. The summed E-state index contributed by atoms with van der Waals surface area (Å²) in [5.74, 6) is -0.00742. The lowest BCUT2D eigenvalue weighted by atomic mass is 10.2. The van der Waals surface area contributed by atoms with E-state index in [2.05, 4.69) is 15.3 Å². The molecule has 0 saturated carbocycles. The number of nitrogens with zero attached hydrogens (tertiary/aromatic N) is 2. The number of ether oxygens (including phenoxy) is 2. The van der Waals surface area contributed by atoms with Gasteiger partial charge in [-0.2, -0.15) is 4.98 Å². The summed E-state index contributed by atoms with van der Waals surface area (Å²) in [5, 5.41) is 2.76. The van der Waals surface area contributed by atoms with Gasteiger partial charge in [0.25, 0.3) is 0 Å². The molecule has 0 aliphatic rings. The minimum absolute atomic E-state index is 0.0224. The second-order valence-corrected chi connectivity index (χ2v) is 5.67. The van der Waals surface area contributed by atoms with Crippen molar-refractivity contribution in [1.29, 1.82) is 0 Å². The van der Waals surface area contributed by atoms with Gasteiger partial charge >= 0.3 is 5.97 Å². The zero-order chi connectivity index (χ0) is 21.2. The summed E-state index contributed by atoms with van der Waals surface area (Å²) < 4.78 is 24.4. The van der Waals surface area contributed by atoms with Crippen molar-refractivity contribution in [2.45, 2.75) is 20.8 Å². The third-order valence-corrected chi connectivity index (χ3v) is 3.59. The molecular formula is C21H21ClFN3O3. The summed E-state index contributed by atoms with van der Waals surface area (Å²) in [5.41, 5.74) is 1.00. The van der Waals surface area contributed by atoms with Gasteiger partial charge in [-0.15, -0.1) is 0 Å². The van der Waals surface area contributed by atoms with Crippen LogP contribution in [-0.4, -0.2) is 22.5 Å². The molecule has 1 heterocycles. The van der Waals surface area contributed by atoms with Crippen molar-refractivity contribution in [2.24, 2.45) is 0 Å². The molecule has 0 fully saturated rings. The van der Waals surface area contributed by atoms with Crippen molar-refractivity contribution in [1.82, 2.24) is 9.97 Å². The Bertz CT molecular complexity index is 952. The standard InChI is InChI=1S/C19H15ClFN3O3.C2H6/c1-2-26-18(25)12-4-3-5-15(10-12)27-14-8-6-13(7-9-14)23-17-16(21)11-22-19(20)24-17;1-2/h3-11H,2H2,1H3,(H,22,23,24);1-2H3. The van der Waals surface area contributed by atoms with E-state index in [1.807, 2.05) is 13.8 Å². The van der Waals surface area contributed by atoms with E-state index in [9.17, 15) is 9.18 Å². The first-order valence-corrected chi connectivity index (χ1v) is 9.43. The second-order valence-electron chi connectivity index (χ2n) is 5.34. The number of nitrogens with one attached hydrogen (secondary N) is 1. The molecule has 152 valence electrons. The van der Waals surface area contributed by atoms with Crippen LogP contribution in [0.3, 0.4) is 0 Å². The van der Waals surface area contributed by atoms with E-state index in [0.717, 1.165) is 6.20 Å². The molecule has 0 radical (unpaired) electrons. The molecular weight excluding hydrogens is 397 g/mol. The first kappa shape index (κ1) is 22.1. The summed E-state index contributed by atoms with van der Waals surface area (Å²) in [7, 11) is 0. The van der Waals surface area contributed by atoms with Crippen molar-refractivity contribution in [2.75, 3.05) is 11.9 Å². The predicted molar refractivity (Wildman–Crippen MR) is 111 cm³/mol. The van der Waals surface area contributed by atoms with Gasteiger partial charge in [-0.1, -0.05) is 19.9 Å². The van der Waals surface area contributed by atoms with Gasteiger partial charge in [0.05, 0.1) is 18.4 Å². The third kappa shape index (κ3) is 6.43. The van der Waals surface area contributed by atoms with Crippen LogP contribution in [0.15, 0.2) is 54.7 Å². The van der Waals surface area contributed by atoms with Gasteiger partial charge in [0.1, 0.15) is 11.5 Å². The predicted octanol–water partition coefficient (Wildman–Crippen LogP) is 6.01. The second kappa shape index (κ2) is 11.0. The zero-order valence-corrected chi connectivity index (χ0v) is 17.0. The van der Waals surface area contributed by atoms with Crippen LogP contribution in [0.4, 0.5) is 15.9 Å². The molecule has 1 N–H and O–H groups in total. The molecule has 6 nitrogen and oxygen atoms in total. The molecule has 0 amide bonds. The molecule has 3 aromatic rings. The van der Waals surface area contributed by atoms with Gasteiger partial charge in [-0.3, -0.25) is 0 Å². The van der Waals surface area contributed by atoms with Crippen molar-refractivity contribution in [3.63, 3.8) is 0 Å². The lowest BCUT2D eigenvalue weighted by Crippen LogP contribution is -2.04. The average Bonchev–Trinajstić information content (AvgIpc) is 2.74. The highest BCUT2D eigenvalue weighted by Crippen LogP contribution is 2.25. The van der Waals surface area contributed by atoms with E-state index in [0.29, 0.717) is 29.4 Å². The number of rotatable bonds is 6. The number of aromatic nitrogens is 2. The number of carbonyl (C=O) groups is 1.